The Morgan fingerprint density at radius 3 is 2.42 bits per heavy atom. The normalized spacial score (nSPS) is 11.5. The van der Waals surface area contributed by atoms with Gasteiger partial charge in [-0.15, -0.1) is 11.3 Å². The van der Waals surface area contributed by atoms with Gasteiger partial charge >= 0.3 is 0 Å². The predicted octanol–water partition coefficient (Wildman–Crippen LogP) is 3.65. The maximum absolute atomic E-state index is 12.3. The van der Waals surface area contributed by atoms with Gasteiger partial charge in [-0.1, -0.05) is 29.8 Å². The van der Waals surface area contributed by atoms with Crippen molar-refractivity contribution in [3.05, 3.63) is 65.2 Å². The van der Waals surface area contributed by atoms with E-state index in [0.717, 1.165) is 16.3 Å². The number of benzene rings is 2. The van der Waals surface area contributed by atoms with Gasteiger partial charge in [-0.3, -0.25) is 0 Å². The summed E-state index contributed by atoms with van der Waals surface area (Å²) in [6.07, 6.45) is 0.539. The molecule has 0 aliphatic carbocycles. The van der Waals surface area contributed by atoms with E-state index in [2.05, 4.69) is 21.8 Å². The molecule has 7 heteroatoms. The average molecular weight is 389 g/mol. The summed E-state index contributed by atoms with van der Waals surface area (Å²) in [4.78, 5) is 4.81. The van der Waals surface area contributed by atoms with Crippen molar-refractivity contribution < 1.29 is 13.2 Å². The van der Waals surface area contributed by atoms with Crippen LogP contribution in [0, 0.1) is 6.92 Å². The number of sulfonamides is 1. The van der Waals surface area contributed by atoms with Gasteiger partial charge in [0.2, 0.25) is 10.0 Å². The fourth-order valence-electron chi connectivity index (χ4n) is 2.40. The van der Waals surface area contributed by atoms with Crippen LogP contribution in [0.3, 0.4) is 0 Å². The van der Waals surface area contributed by atoms with Gasteiger partial charge < -0.3 is 4.74 Å². The third kappa shape index (κ3) is 4.49. The number of thiazole rings is 1. The highest BCUT2D eigenvalue weighted by Crippen LogP contribution is 2.24. The number of nitrogens with zero attached hydrogens (tertiary/aromatic N) is 1. The monoisotopic (exact) mass is 388 g/mol. The van der Waals surface area contributed by atoms with E-state index in [4.69, 9.17) is 4.74 Å². The lowest BCUT2D eigenvalue weighted by molar-refractivity contribution is 0.414. The van der Waals surface area contributed by atoms with Crippen LogP contribution < -0.4 is 9.46 Å². The zero-order valence-electron chi connectivity index (χ0n) is 14.6. The van der Waals surface area contributed by atoms with Crippen molar-refractivity contribution in [2.24, 2.45) is 0 Å². The third-order valence-electron chi connectivity index (χ3n) is 3.89. The van der Waals surface area contributed by atoms with Crippen molar-refractivity contribution in [2.75, 3.05) is 13.7 Å². The molecule has 0 aliphatic heterocycles. The molecule has 0 saturated heterocycles. The molecular weight excluding hydrogens is 368 g/mol. The summed E-state index contributed by atoms with van der Waals surface area (Å²) in [6.45, 7) is 2.34. The SMILES string of the molecule is COc1ccc(S(=O)(=O)NCCc2csc(-c3ccc(C)cc3)n2)cc1. The van der Waals surface area contributed by atoms with Gasteiger partial charge in [0.15, 0.2) is 0 Å². The lowest BCUT2D eigenvalue weighted by atomic mass is 10.2. The summed E-state index contributed by atoms with van der Waals surface area (Å²) >= 11 is 1.56. The second kappa shape index (κ2) is 7.99. The molecule has 3 aromatic rings. The molecule has 0 unspecified atom stereocenters. The van der Waals surface area contributed by atoms with Crippen LogP contribution in [0.15, 0.2) is 58.8 Å². The molecule has 0 amide bonds. The summed E-state index contributed by atoms with van der Waals surface area (Å²) in [5.74, 6) is 0.620. The summed E-state index contributed by atoms with van der Waals surface area (Å²) in [5.41, 5.74) is 3.16. The standard InChI is InChI=1S/C19H20N2O3S2/c1-14-3-5-15(6-4-14)19-21-16(13-25-19)11-12-20-26(22,23)18-9-7-17(24-2)8-10-18/h3-10,13,20H,11-12H2,1-2H3. The van der Waals surface area contributed by atoms with Gasteiger partial charge in [0.1, 0.15) is 10.8 Å². The molecule has 0 saturated carbocycles. The highest BCUT2D eigenvalue weighted by molar-refractivity contribution is 7.89. The number of methoxy groups -OCH3 is 1. The minimum Gasteiger partial charge on any atom is -0.497 e. The van der Waals surface area contributed by atoms with Gasteiger partial charge in [-0.2, -0.15) is 0 Å². The second-order valence-electron chi connectivity index (χ2n) is 5.83. The van der Waals surface area contributed by atoms with E-state index < -0.39 is 10.0 Å². The quantitative estimate of drug-likeness (QED) is 0.671. The molecule has 136 valence electrons. The third-order valence-corrected chi connectivity index (χ3v) is 6.31. The molecule has 1 aromatic heterocycles. The van der Waals surface area contributed by atoms with Crippen molar-refractivity contribution >= 4 is 21.4 Å². The number of nitrogens with one attached hydrogen (secondary N) is 1. The van der Waals surface area contributed by atoms with Crippen molar-refractivity contribution in [1.29, 1.82) is 0 Å². The first-order valence-corrected chi connectivity index (χ1v) is 10.5. The Morgan fingerprint density at radius 1 is 1.08 bits per heavy atom. The van der Waals surface area contributed by atoms with Crippen LogP contribution in [0.25, 0.3) is 10.6 Å². The number of ether oxygens (including phenoxy) is 1. The van der Waals surface area contributed by atoms with Crippen LogP contribution in [0.5, 0.6) is 5.75 Å². The largest absolute Gasteiger partial charge is 0.497 e. The maximum Gasteiger partial charge on any atom is 0.240 e. The Bertz CT molecular complexity index is 963. The lowest BCUT2D eigenvalue weighted by Gasteiger charge is -2.06. The molecule has 0 spiro atoms. The van der Waals surface area contributed by atoms with E-state index >= 15 is 0 Å². The van der Waals surface area contributed by atoms with Crippen LogP contribution in [0.4, 0.5) is 0 Å². The Kier molecular flexibility index (Phi) is 5.70. The number of rotatable bonds is 7. The predicted molar refractivity (Wildman–Crippen MR) is 104 cm³/mol. The molecule has 0 aliphatic rings. The number of hydrogen-bond acceptors (Lipinski definition) is 5. The number of aromatic nitrogens is 1. The molecule has 0 bridgehead atoms. The molecule has 1 N–H and O–H groups in total. The minimum absolute atomic E-state index is 0.219. The molecule has 0 atom stereocenters. The molecule has 26 heavy (non-hydrogen) atoms. The van der Waals surface area contributed by atoms with Crippen molar-refractivity contribution in [2.45, 2.75) is 18.2 Å². The van der Waals surface area contributed by atoms with Gasteiger partial charge in [-0.05, 0) is 31.2 Å². The van der Waals surface area contributed by atoms with E-state index in [-0.39, 0.29) is 4.90 Å². The Labute approximate surface area is 157 Å². The Hall–Kier alpha value is -2.22. The second-order valence-corrected chi connectivity index (χ2v) is 8.46. The maximum atomic E-state index is 12.3. The van der Waals surface area contributed by atoms with Crippen LogP contribution in [0.1, 0.15) is 11.3 Å². The number of hydrogen-bond donors (Lipinski definition) is 1. The van der Waals surface area contributed by atoms with Crippen molar-refractivity contribution in [3.8, 4) is 16.3 Å². The fraction of sp³-hybridized carbons (Fsp3) is 0.211. The van der Waals surface area contributed by atoms with Crippen LogP contribution in [0.2, 0.25) is 0 Å². The molecule has 0 radical (unpaired) electrons. The van der Waals surface area contributed by atoms with Crippen LogP contribution in [-0.2, 0) is 16.4 Å². The smallest absolute Gasteiger partial charge is 0.240 e. The van der Waals surface area contributed by atoms with Gasteiger partial charge in [0.25, 0.3) is 0 Å². The molecule has 3 rings (SSSR count). The topological polar surface area (TPSA) is 68.3 Å². The molecule has 0 fully saturated rings. The van der Waals surface area contributed by atoms with E-state index in [9.17, 15) is 8.42 Å². The zero-order valence-corrected chi connectivity index (χ0v) is 16.2. The highest BCUT2D eigenvalue weighted by Gasteiger charge is 2.14. The number of aryl methyl sites for hydroxylation is 1. The lowest BCUT2D eigenvalue weighted by Crippen LogP contribution is -2.26. The minimum atomic E-state index is -3.54. The average Bonchev–Trinajstić information content (AvgIpc) is 3.11. The molecule has 5 nitrogen and oxygen atoms in total. The van der Waals surface area contributed by atoms with Crippen LogP contribution in [-0.4, -0.2) is 27.1 Å². The summed E-state index contributed by atoms with van der Waals surface area (Å²) in [7, 11) is -1.99. The van der Waals surface area contributed by atoms with Crippen LogP contribution >= 0.6 is 11.3 Å². The van der Waals surface area contributed by atoms with Gasteiger partial charge in [-0.25, -0.2) is 18.1 Å². The Balaban J connectivity index is 1.60. The molecular formula is C19H20N2O3S2. The first-order valence-electron chi connectivity index (χ1n) is 8.13. The summed E-state index contributed by atoms with van der Waals surface area (Å²) < 4.78 is 32.3. The summed E-state index contributed by atoms with van der Waals surface area (Å²) in [6, 6.07) is 14.5. The fourth-order valence-corrected chi connectivity index (χ4v) is 4.29. The highest BCUT2D eigenvalue weighted by atomic mass is 32.2. The molecule has 1 heterocycles. The first kappa shape index (κ1) is 18.6. The van der Waals surface area contributed by atoms with Gasteiger partial charge in [0, 0.05) is 23.9 Å². The zero-order chi connectivity index (χ0) is 18.6. The van der Waals surface area contributed by atoms with E-state index in [1.807, 2.05) is 24.4 Å². The van der Waals surface area contributed by atoms with E-state index in [1.165, 1.54) is 17.7 Å². The first-order chi connectivity index (χ1) is 12.5. The van der Waals surface area contributed by atoms with Crippen molar-refractivity contribution in [1.82, 2.24) is 9.71 Å². The van der Waals surface area contributed by atoms with Crippen molar-refractivity contribution in [3.63, 3.8) is 0 Å². The van der Waals surface area contributed by atoms with E-state index in [1.54, 1.807) is 30.6 Å². The molecule has 2 aromatic carbocycles. The van der Waals surface area contributed by atoms with E-state index in [0.29, 0.717) is 18.7 Å². The Morgan fingerprint density at radius 2 is 1.77 bits per heavy atom. The summed E-state index contributed by atoms with van der Waals surface area (Å²) in [5, 5.41) is 2.91. The van der Waals surface area contributed by atoms with Gasteiger partial charge in [0.05, 0.1) is 17.7 Å².